The van der Waals surface area contributed by atoms with Crippen LogP contribution in [0.15, 0.2) is 11.6 Å². The van der Waals surface area contributed by atoms with Gasteiger partial charge in [-0.2, -0.15) is 0 Å². The van der Waals surface area contributed by atoms with E-state index in [0.29, 0.717) is 0 Å². The number of amides is 1. The van der Waals surface area contributed by atoms with Gasteiger partial charge in [0.05, 0.1) is 10.4 Å². The molecule has 0 aromatic heterocycles. The third kappa shape index (κ3) is 3.17. The van der Waals surface area contributed by atoms with Crippen molar-refractivity contribution in [2.75, 3.05) is 13.1 Å². The highest BCUT2D eigenvalue weighted by molar-refractivity contribution is 6.56. The van der Waals surface area contributed by atoms with Crippen molar-refractivity contribution >= 4 is 37.3 Å². The van der Waals surface area contributed by atoms with Crippen molar-refractivity contribution in [3.63, 3.8) is 0 Å². The van der Waals surface area contributed by atoms with Gasteiger partial charge in [0.25, 0.3) is 16.3 Å². The Labute approximate surface area is 119 Å². The maximum atomic E-state index is 11.3. The summed E-state index contributed by atoms with van der Waals surface area (Å²) in [5.41, 5.74) is 1.37. The van der Waals surface area contributed by atoms with Gasteiger partial charge in [0.2, 0.25) is 0 Å². The molecule has 0 aromatic rings. The molecule has 2 aliphatic rings. The molecule has 0 aliphatic carbocycles. The standard InChI is InChI=1S/C12H17NO2.2Al/c1-2-11-3-8-15-12(9-11)4-6-13(10-14)7-5-12;;/h8-9H,2-7H2,1H3;;. The van der Waals surface area contributed by atoms with E-state index in [1.165, 1.54) is 5.57 Å². The molecule has 1 saturated heterocycles. The van der Waals surface area contributed by atoms with E-state index >= 15 is 0 Å². The van der Waals surface area contributed by atoms with E-state index in [0.717, 1.165) is 38.8 Å². The van der Waals surface area contributed by atoms with Crippen LogP contribution in [0.4, 0.5) is 4.79 Å². The van der Waals surface area contributed by atoms with Gasteiger partial charge >= 0.3 is 0 Å². The summed E-state index contributed by atoms with van der Waals surface area (Å²) in [4.78, 5) is 13.4. The van der Waals surface area contributed by atoms with Crippen molar-refractivity contribution in [2.45, 2.75) is 43.2 Å². The monoisotopic (exact) mass is 261 g/mol. The highest BCUT2D eigenvalue weighted by atomic mass is 27.1. The molecular weight excluding hydrogens is 244 g/mol. The van der Waals surface area contributed by atoms with Crippen molar-refractivity contribution in [1.29, 1.82) is 0 Å². The maximum absolute atomic E-state index is 11.3. The van der Waals surface area contributed by atoms with Crippen molar-refractivity contribution < 1.29 is 9.53 Å². The molecular formula is C12H17Al2NO2. The van der Waals surface area contributed by atoms with Gasteiger partial charge < -0.3 is 14.4 Å². The number of hydrogen-bond acceptors (Lipinski definition) is 2. The molecule has 2 rings (SSSR count). The fourth-order valence-electron chi connectivity index (χ4n) is 2.68. The molecule has 0 aromatic carbocycles. The zero-order valence-corrected chi connectivity index (χ0v) is 12.6. The Morgan fingerprint density at radius 2 is 2.24 bits per heavy atom. The van der Waals surface area contributed by atoms with Crippen LogP contribution < -0.4 is 0 Å². The van der Waals surface area contributed by atoms with Crippen LogP contribution in [0.3, 0.4) is 0 Å². The lowest BCUT2D eigenvalue weighted by Gasteiger charge is -2.45. The number of ether oxygens (including phenoxy) is 1. The molecule has 2 aliphatic heterocycles. The van der Waals surface area contributed by atoms with Crippen LogP contribution in [0.2, 0.25) is 0 Å². The highest BCUT2D eigenvalue weighted by Gasteiger charge is 2.37. The molecule has 3 nitrogen and oxygen atoms in total. The molecule has 1 fully saturated rings. The lowest BCUT2D eigenvalue weighted by Crippen LogP contribution is -2.50. The first kappa shape index (κ1) is 13.7. The van der Waals surface area contributed by atoms with E-state index in [4.69, 9.17) is 4.74 Å². The number of carbonyl (C=O) groups is 1. The summed E-state index contributed by atoms with van der Waals surface area (Å²) < 4.78 is 6.21. The summed E-state index contributed by atoms with van der Waals surface area (Å²) in [5.74, 6) is 0. The van der Waals surface area contributed by atoms with Crippen LogP contribution in [-0.4, -0.2) is 65.9 Å². The van der Waals surface area contributed by atoms with E-state index in [1.54, 1.807) is 0 Å². The third-order valence-corrected chi connectivity index (χ3v) is 4.43. The Kier molecular flexibility index (Phi) is 4.40. The summed E-state index contributed by atoms with van der Waals surface area (Å²) in [6.07, 6.45) is 6.28. The number of carbonyl (C=O) groups excluding carboxylic acids is 1. The van der Waals surface area contributed by atoms with E-state index in [1.807, 2.05) is 4.90 Å². The molecule has 1 amide bonds. The van der Waals surface area contributed by atoms with Crippen molar-refractivity contribution in [3.8, 4) is 0 Å². The molecule has 0 bridgehead atoms. The topological polar surface area (TPSA) is 29.5 Å². The smallest absolute Gasteiger partial charge is 0.281 e. The lowest BCUT2D eigenvalue weighted by atomic mass is 9.86. The molecule has 1 spiro atoms. The van der Waals surface area contributed by atoms with Gasteiger partial charge in [0.15, 0.2) is 16.3 Å². The minimum Gasteiger partial charge on any atom is -0.385 e. The Morgan fingerprint density at radius 1 is 1.59 bits per heavy atom. The van der Waals surface area contributed by atoms with Crippen molar-refractivity contribution in [2.24, 2.45) is 0 Å². The minimum absolute atomic E-state index is 0.0952. The molecule has 17 heavy (non-hydrogen) atoms. The molecule has 5 heteroatoms. The molecule has 88 valence electrons. The predicted molar refractivity (Wildman–Crippen MR) is 68.3 cm³/mol. The van der Waals surface area contributed by atoms with Gasteiger partial charge in [-0.1, -0.05) is 18.6 Å². The van der Waals surface area contributed by atoms with E-state index in [-0.39, 0.29) is 15.3 Å². The van der Waals surface area contributed by atoms with Gasteiger partial charge in [-0.3, -0.25) is 0 Å². The SMILES string of the molecule is CCC1=CC2(CCN([C](=O)[Al])CC2)O[CH]([Al])C1. The average Bonchev–Trinajstić information content (AvgIpc) is 2.28. The Hall–Kier alpha value is 0.235. The van der Waals surface area contributed by atoms with E-state index < -0.39 is 0 Å². The number of piperidine rings is 1. The number of hydrogen-bond donors (Lipinski definition) is 0. The van der Waals surface area contributed by atoms with Crippen LogP contribution in [0.1, 0.15) is 32.6 Å². The number of rotatable bonds is 1. The second-order valence-corrected chi connectivity index (χ2v) is 6.14. The Morgan fingerprint density at radius 3 is 2.76 bits per heavy atom. The van der Waals surface area contributed by atoms with Crippen LogP contribution in [0.25, 0.3) is 0 Å². The molecule has 2 heterocycles. The average molecular weight is 261 g/mol. The molecule has 4 radical (unpaired) electrons. The van der Waals surface area contributed by atoms with Crippen molar-refractivity contribution in [3.05, 3.63) is 11.6 Å². The van der Waals surface area contributed by atoms with Crippen LogP contribution in [0, 0.1) is 0 Å². The lowest BCUT2D eigenvalue weighted by molar-refractivity contribution is -0.0671. The first-order valence-corrected chi connectivity index (χ1v) is 7.47. The second-order valence-electron chi connectivity index (χ2n) is 4.91. The second kappa shape index (κ2) is 5.47. The number of likely N-dealkylation sites (tertiary alicyclic amines) is 1. The largest absolute Gasteiger partial charge is 0.385 e. The molecule has 0 N–H and O–H groups in total. The summed E-state index contributed by atoms with van der Waals surface area (Å²) in [6.45, 7) is 3.80. The molecule has 0 saturated carbocycles. The summed E-state index contributed by atoms with van der Waals surface area (Å²) in [6, 6.07) is 0. The van der Waals surface area contributed by atoms with Gasteiger partial charge in [-0.25, -0.2) is 0 Å². The highest BCUT2D eigenvalue weighted by Crippen LogP contribution is 2.35. The molecule has 1 atom stereocenters. The van der Waals surface area contributed by atoms with E-state index in [2.05, 4.69) is 45.6 Å². The van der Waals surface area contributed by atoms with Crippen LogP contribution >= 0.6 is 0 Å². The quantitative estimate of drug-likeness (QED) is 0.527. The van der Waals surface area contributed by atoms with Crippen molar-refractivity contribution in [1.82, 2.24) is 4.90 Å². The minimum atomic E-state index is -0.118. The third-order valence-electron chi connectivity index (χ3n) is 3.69. The Balaban J connectivity index is 2.08. The maximum Gasteiger partial charge on any atom is 0.281 e. The summed E-state index contributed by atoms with van der Waals surface area (Å²) in [7, 11) is 0. The van der Waals surface area contributed by atoms with Crippen LogP contribution in [-0.2, 0) is 4.74 Å². The zero-order chi connectivity index (χ0) is 12.5. The summed E-state index contributed by atoms with van der Waals surface area (Å²) >= 11 is 5.04. The number of nitrogens with zero attached hydrogens (tertiary/aromatic N) is 1. The Bertz CT molecular complexity index is 335. The van der Waals surface area contributed by atoms with Gasteiger partial charge in [0, 0.05) is 13.1 Å². The fourth-order valence-corrected chi connectivity index (χ4v) is 3.51. The fraction of sp³-hybridized carbons (Fsp3) is 0.750. The van der Waals surface area contributed by atoms with Crippen LogP contribution in [0.5, 0.6) is 0 Å². The zero-order valence-electron chi connectivity index (χ0n) is 10.3. The van der Waals surface area contributed by atoms with Gasteiger partial charge in [0.1, 0.15) is 0 Å². The van der Waals surface area contributed by atoms with Gasteiger partial charge in [-0.05, 0) is 30.6 Å². The first-order chi connectivity index (χ1) is 8.04. The van der Waals surface area contributed by atoms with E-state index in [9.17, 15) is 4.79 Å². The predicted octanol–water partition coefficient (Wildman–Crippen LogP) is 1.36. The molecule has 1 unspecified atom stereocenters. The first-order valence-electron chi connectivity index (χ1n) is 6.23. The summed E-state index contributed by atoms with van der Waals surface area (Å²) in [5, 5.41) is 0. The normalized spacial score (nSPS) is 27.9. The van der Waals surface area contributed by atoms with Gasteiger partial charge in [-0.15, -0.1) is 0 Å².